The van der Waals surface area contributed by atoms with Crippen LogP contribution in [0.3, 0.4) is 0 Å². The van der Waals surface area contributed by atoms with Gasteiger partial charge in [-0.15, -0.1) is 0 Å². The molecule has 2 heteroatoms. The van der Waals surface area contributed by atoms with E-state index in [9.17, 15) is 0 Å². The number of hydrogen-bond donors (Lipinski definition) is 0. The van der Waals surface area contributed by atoms with Crippen LogP contribution in [0.2, 0.25) is 0 Å². The Morgan fingerprint density at radius 3 is 2.47 bits per heavy atom. The molecule has 2 aromatic rings. The second kappa shape index (κ2) is 3.39. The summed E-state index contributed by atoms with van der Waals surface area (Å²) in [5.41, 5.74) is 10.1. The molecule has 0 spiro atoms. The van der Waals surface area contributed by atoms with E-state index < -0.39 is 0 Å². The van der Waals surface area contributed by atoms with E-state index >= 15 is 0 Å². The fourth-order valence-electron chi connectivity index (χ4n) is 2.76. The first kappa shape index (κ1) is 10.5. The standard InChI is InChI=1S/C15H16N2/c1-8-5-10(3)17-13-6-12-15(14(8)13)11(4)9(2)7-16-12/h5,7H,6H2,1-4H3. The van der Waals surface area contributed by atoms with Crippen molar-refractivity contribution in [1.82, 2.24) is 9.97 Å². The zero-order valence-corrected chi connectivity index (χ0v) is 10.8. The zero-order valence-electron chi connectivity index (χ0n) is 10.8. The van der Waals surface area contributed by atoms with Crippen molar-refractivity contribution >= 4 is 0 Å². The van der Waals surface area contributed by atoms with Crippen LogP contribution in [-0.2, 0) is 6.42 Å². The van der Waals surface area contributed by atoms with E-state index in [1.54, 1.807) is 0 Å². The van der Waals surface area contributed by atoms with Gasteiger partial charge in [0.2, 0.25) is 0 Å². The van der Waals surface area contributed by atoms with Crippen LogP contribution in [0.4, 0.5) is 0 Å². The molecule has 1 aliphatic rings. The minimum Gasteiger partial charge on any atom is -0.260 e. The molecule has 0 bridgehead atoms. The van der Waals surface area contributed by atoms with Gasteiger partial charge < -0.3 is 0 Å². The molecule has 0 aliphatic heterocycles. The highest BCUT2D eigenvalue weighted by molar-refractivity contribution is 5.80. The van der Waals surface area contributed by atoms with E-state index in [-0.39, 0.29) is 0 Å². The number of nitrogens with zero attached hydrogens (tertiary/aromatic N) is 2. The zero-order chi connectivity index (χ0) is 12.2. The monoisotopic (exact) mass is 224 g/mol. The predicted molar refractivity (Wildman–Crippen MR) is 69.2 cm³/mol. The third-order valence-corrected chi connectivity index (χ3v) is 3.67. The van der Waals surface area contributed by atoms with Crippen molar-refractivity contribution in [3.8, 4) is 11.1 Å². The smallest absolute Gasteiger partial charge is 0.0548 e. The predicted octanol–water partition coefficient (Wildman–Crippen LogP) is 3.28. The molecule has 86 valence electrons. The van der Waals surface area contributed by atoms with E-state index in [4.69, 9.17) is 0 Å². The summed E-state index contributed by atoms with van der Waals surface area (Å²) in [5.74, 6) is 0. The maximum absolute atomic E-state index is 4.66. The lowest BCUT2D eigenvalue weighted by atomic mass is 9.98. The summed E-state index contributed by atoms with van der Waals surface area (Å²) >= 11 is 0. The van der Waals surface area contributed by atoms with Crippen molar-refractivity contribution in [3.63, 3.8) is 0 Å². The summed E-state index contributed by atoms with van der Waals surface area (Å²) in [6.45, 7) is 8.54. The molecule has 0 atom stereocenters. The van der Waals surface area contributed by atoms with E-state index in [1.807, 2.05) is 6.20 Å². The number of pyridine rings is 2. The molecule has 2 aromatic heterocycles. The van der Waals surface area contributed by atoms with Crippen LogP contribution in [0.5, 0.6) is 0 Å². The van der Waals surface area contributed by atoms with Gasteiger partial charge >= 0.3 is 0 Å². The van der Waals surface area contributed by atoms with Crippen LogP contribution >= 0.6 is 0 Å². The van der Waals surface area contributed by atoms with E-state index in [2.05, 4.69) is 43.7 Å². The number of fused-ring (bicyclic) bond motifs is 3. The fraction of sp³-hybridized carbons (Fsp3) is 0.333. The molecule has 0 aromatic carbocycles. The van der Waals surface area contributed by atoms with Crippen molar-refractivity contribution in [2.24, 2.45) is 0 Å². The van der Waals surface area contributed by atoms with Crippen LogP contribution in [-0.4, -0.2) is 9.97 Å². The third kappa shape index (κ3) is 1.40. The van der Waals surface area contributed by atoms with Gasteiger partial charge in [0, 0.05) is 29.4 Å². The lowest BCUT2D eigenvalue weighted by Crippen LogP contribution is -1.94. The van der Waals surface area contributed by atoms with Gasteiger partial charge in [-0.25, -0.2) is 0 Å². The SMILES string of the molecule is Cc1cc(C)c2c(n1)Cc1ncc(C)c(C)c1-2. The summed E-state index contributed by atoms with van der Waals surface area (Å²) < 4.78 is 0. The van der Waals surface area contributed by atoms with E-state index in [0.717, 1.165) is 12.1 Å². The van der Waals surface area contributed by atoms with Gasteiger partial charge in [-0.05, 0) is 50.5 Å². The number of aryl methyl sites for hydroxylation is 3. The molecule has 17 heavy (non-hydrogen) atoms. The Bertz CT molecular complexity index is 627. The molecule has 0 saturated heterocycles. The number of rotatable bonds is 0. The van der Waals surface area contributed by atoms with Gasteiger partial charge in [-0.3, -0.25) is 9.97 Å². The maximum Gasteiger partial charge on any atom is 0.0548 e. The maximum atomic E-state index is 4.66. The highest BCUT2D eigenvalue weighted by atomic mass is 14.8. The molecule has 0 fully saturated rings. The largest absolute Gasteiger partial charge is 0.260 e. The molecule has 1 aliphatic carbocycles. The number of aromatic nitrogens is 2. The van der Waals surface area contributed by atoms with Gasteiger partial charge in [0.1, 0.15) is 0 Å². The van der Waals surface area contributed by atoms with Gasteiger partial charge in [0.05, 0.1) is 11.4 Å². The third-order valence-electron chi connectivity index (χ3n) is 3.67. The molecule has 0 unspecified atom stereocenters. The van der Waals surface area contributed by atoms with E-state index in [0.29, 0.717) is 0 Å². The highest BCUT2D eigenvalue weighted by Gasteiger charge is 2.25. The topological polar surface area (TPSA) is 25.8 Å². The lowest BCUT2D eigenvalue weighted by Gasteiger charge is -2.10. The van der Waals surface area contributed by atoms with Crippen molar-refractivity contribution in [2.75, 3.05) is 0 Å². The second-order valence-corrected chi connectivity index (χ2v) is 4.97. The minimum absolute atomic E-state index is 0.883. The highest BCUT2D eigenvalue weighted by Crippen LogP contribution is 2.39. The average Bonchev–Trinajstić information content (AvgIpc) is 2.62. The second-order valence-electron chi connectivity index (χ2n) is 4.97. The molecule has 3 rings (SSSR count). The van der Waals surface area contributed by atoms with Crippen LogP contribution in [0.1, 0.15) is 33.8 Å². The lowest BCUT2D eigenvalue weighted by molar-refractivity contribution is 1.02. The summed E-state index contributed by atoms with van der Waals surface area (Å²) in [6, 6.07) is 2.16. The van der Waals surface area contributed by atoms with Gasteiger partial charge in [-0.1, -0.05) is 0 Å². The van der Waals surface area contributed by atoms with Crippen molar-refractivity contribution in [1.29, 1.82) is 0 Å². The first-order valence-corrected chi connectivity index (χ1v) is 6.00. The summed E-state index contributed by atoms with van der Waals surface area (Å²) in [4.78, 5) is 9.23. The molecule has 0 amide bonds. The normalized spacial score (nSPS) is 12.5. The number of hydrogen-bond acceptors (Lipinski definition) is 2. The Morgan fingerprint density at radius 1 is 0.941 bits per heavy atom. The van der Waals surface area contributed by atoms with E-state index in [1.165, 1.54) is 39.2 Å². The summed E-state index contributed by atoms with van der Waals surface area (Å²) in [6.07, 6.45) is 2.86. The van der Waals surface area contributed by atoms with Crippen molar-refractivity contribution < 1.29 is 0 Å². The Morgan fingerprint density at radius 2 is 1.71 bits per heavy atom. The average molecular weight is 224 g/mol. The first-order valence-electron chi connectivity index (χ1n) is 6.00. The fourth-order valence-corrected chi connectivity index (χ4v) is 2.76. The summed E-state index contributed by atoms with van der Waals surface area (Å²) in [5, 5.41) is 0. The van der Waals surface area contributed by atoms with Crippen LogP contribution in [0, 0.1) is 27.7 Å². The Kier molecular flexibility index (Phi) is 2.09. The molecule has 2 nitrogen and oxygen atoms in total. The molecule has 0 N–H and O–H groups in total. The Hall–Kier alpha value is -1.70. The van der Waals surface area contributed by atoms with Gasteiger partial charge in [0.15, 0.2) is 0 Å². The molecule has 0 saturated carbocycles. The molecular weight excluding hydrogens is 208 g/mol. The van der Waals surface area contributed by atoms with Crippen molar-refractivity contribution in [2.45, 2.75) is 34.1 Å². The van der Waals surface area contributed by atoms with Crippen LogP contribution < -0.4 is 0 Å². The van der Waals surface area contributed by atoms with Crippen LogP contribution in [0.25, 0.3) is 11.1 Å². The molecular formula is C15H16N2. The Balaban J connectivity index is 2.37. The quantitative estimate of drug-likeness (QED) is 0.585. The van der Waals surface area contributed by atoms with Crippen LogP contribution in [0.15, 0.2) is 12.3 Å². The summed E-state index contributed by atoms with van der Waals surface area (Å²) in [7, 11) is 0. The Labute approximate surface area is 102 Å². The minimum atomic E-state index is 0.883. The first-order chi connectivity index (χ1) is 8.08. The van der Waals surface area contributed by atoms with Gasteiger partial charge in [-0.2, -0.15) is 0 Å². The molecule has 2 heterocycles. The molecule has 0 radical (unpaired) electrons. The van der Waals surface area contributed by atoms with Crippen molar-refractivity contribution in [3.05, 3.63) is 46.0 Å². The van der Waals surface area contributed by atoms with Gasteiger partial charge in [0.25, 0.3) is 0 Å².